The third-order valence-corrected chi connectivity index (χ3v) is 2.69. The number of ketones is 1. The number of aliphatic carboxylic acids is 1. The second-order valence-corrected chi connectivity index (χ2v) is 3.86. The van der Waals surface area contributed by atoms with Crippen LogP contribution in [0.5, 0.6) is 0 Å². The number of hydrogen-bond donors (Lipinski definition) is 1. The minimum absolute atomic E-state index is 0.365. The second-order valence-electron chi connectivity index (χ2n) is 3.86. The van der Waals surface area contributed by atoms with Crippen molar-refractivity contribution >= 4 is 11.8 Å². The molecule has 1 aliphatic heterocycles. The molecule has 1 aliphatic rings. The Morgan fingerprint density at radius 3 is 2.50 bits per heavy atom. The summed E-state index contributed by atoms with van der Waals surface area (Å²) in [5, 5.41) is 8.51. The van der Waals surface area contributed by atoms with Gasteiger partial charge in [-0.25, -0.2) is 4.79 Å². The SMILES string of the molecule is CC(CC1CCOCC1)C(=O)C(=O)O. The molecule has 0 aromatic carbocycles. The quantitative estimate of drug-likeness (QED) is 0.690. The van der Waals surface area contributed by atoms with Gasteiger partial charge in [0.05, 0.1) is 0 Å². The summed E-state index contributed by atoms with van der Waals surface area (Å²) in [5.74, 6) is -1.90. The molecule has 1 N–H and O–H groups in total. The maximum absolute atomic E-state index is 11.1. The highest BCUT2D eigenvalue weighted by molar-refractivity contribution is 6.33. The van der Waals surface area contributed by atoms with Gasteiger partial charge in [0.15, 0.2) is 0 Å². The van der Waals surface area contributed by atoms with E-state index in [0.717, 1.165) is 26.1 Å². The van der Waals surface area contributed by atoms with E-state index in [1.807, 2.05) is 0 Å². The molecule has 0 amide bonds. The molecule has 1 fully saturated rings. The van der Waals surface area contributed by atoms with E-state index in [2.05, 4.69) is 0 Å². The highest BCUT2D eigenvalue weighted by Gasteiger charge is 2.24. The van der Waals surface area contributed by atoms with Crippen LogP contribution >= 0.6 is 0 Å². The molecule has 0 radical (unpaired) electrons. The van der Waals surface area contributed by atoms with Crippen molar-refractivity contribution in [1.82, 2.24) is 0 Å². The average Bonchev–Trinajstić information content (AvgIpc) is 2.18. The Hall–Kier alpha value is -0.900. The topological polar surface area (TPSA) is 63.6 Å². The first-order valence-corrected chi connectivity index (χ1v) is 4.96. The average molecular weight is 200 g/mol. The molecule has 14 heavy (non-hydrogen) atoms. The molecule has 1 atom stereocenters. The molecule has 1 saturated heterocycles. The minimum Gasteiger partial charge on any atom is -0.475 e. The van der Waals surface area contributed by atoms with Gasteiger partial charge in [-0.3, -0.25) is 4.79 Å². The van der Waals surface area contributed by atoms with E-state index in [1.54, 1.807) is 6.92 Å². The van der Waals surface area contributed by atoms with Crippen molar-refractivity contribution < 1.29 is 19.4 Å². The summed E-state index contributed by atoms with van der Waals surface area (Å²) < 4.78 is 5.19. The molecule has 0 saturated carbocycles. The van der Waals surface area contributed by atoms with Crippen molar-refractivity contribution in [3.05, 3.63) is 0 Å². The molecule has 4 nitrogen and oxygen atoms in total. The molecule has 0 spiro atoms. The van der Waals surface area contributed by atoms with Crippen LogP contribution in [-0.4, -0.2) is 30.1 Å². The van der Waals surface area contributed by atoms with E-state index in [-0.39, 0.29) is 5.92 Å². The number of hydrogen-bond acceptors (Lipinski definition) is 3. The van der Waals surface area contributed by atoms with Gasteiger partial charge in [-0.2, -0.15) is 0 Å². The van der Waals surface area contributed by atoms with Gasteiger partial charge in [0.2, 0.25) is 5.78 Å². The van der Waals surface area contributed by atoms with Gasteiger partial charge in [0.1, 0.15) is 0 Å². The zero-order valence-corrected chi connectivity index (χ0v) is 8.36. The summed E-state index contributed by atoms with van der Waals surface area (Å²) in [7, 11) is 0. The van der Waals surface area contributed by atoms with Crippen LogP contribution in [0, 0.1) is 11.8 Å². The van der Waals surface area contributed by atoms with E-state index < -0.39 is 11.8 Å². The molecular formula is C10H16O4. The molecule has 0 aliphatic carbocycles. The lowest BCUT2D eigenvalue weighted by Gasteiger charge is -2.23. The zero-order valence-electron chi connectivity index (χ0n) is 8.36. The van der Waals surface area contributed by atoms with Crippen LogP contribution in [0.2, 0.25) is 0 Å². The number of ether oxygens (including phenoxy) is 1. The number of carboxylic acids is 1. The van der Waals surface area contributed by atoms with Gasteiger partial charge >= 0.3 is 5.97 Å². The fourth-order valence-corrected chi connectivity index (χ4v) is 1.80. The first kappa shape index (κ1) is 11.2. The number of rotatable bonds is 4. The summed E-state index contributed by atoms with van der Waals surface area (Å²) in [6.45, 7) is 3.16. The number of carbonyl (C=O) groups is 2. The normalized spacial score (nSPS) is 20.4. The van der Waals surface area contributed by atoms with Gasteiger partial charge in [-0.05, 0) is 25.2 Å². The van der Waals surface area contributed by atoms with Gasteiger partial charge in [-0.15, -0.1) is 0 Å². The number of carboxylic acid groups (broad SMARTS) is 1. The lowest BCUT2D eigenvalue weighted by atomic mass is 9.88. The van der Waals surface area contributed by atoms with E-state index in [4.69, 9.17) is 9.84 Å². The van der Waals surface area contributed by atoms with E-state index in [1.165, 1.54) is 0 Å². The predicted octanol–water partition coefficient (Wildman–Crippen LogP) is 1.09. The second kappa shape index (κ2) is 5.10. The highest BCUT2D eigenvalue weighted by Crippen LogP contribution is 2.23. The molecule has 80 valence electrons. The molecule has 1 rings (SSSR count). The van der Waals surface area contributed by atoms with Gasteiger partial charge < -0.3 is 9.84 Å². The summed E-state index contributed by atoms with van der Waals surface area (Å²) in [4.78, 5) is 21.5. The van der Waals surface area contributed by atoms with Crippen LogP contribution in [0.15, 0.2) is 0 Å². The third kappa shape index (κ3) is 3.10. The van der Waals surface area contributed by atoms with Gasteiger partial charge in [0, 0.05) is 19.1 Å². The van der Waals surface area contributed by atoms with Crippen LogP contribution in [0.25, 0.3) is 0 Å². The molecule has 1 unspecified atom stereocenters. The van der Waals surface area contributed by atoms with Crippen LogP contribution in [0.3, 0.4) is 0 Å². The fourth-order valence-electron chi connectivity index (χ4n) is 1.80. The summed E-state index contributed by atoms with van der Waals surface area (Å²) in [5.41, 5.74) is 0. The summed E-state index contributed by atoms with van der Waals surface area (Å²) in [6, 6.07) is 0. The zero-order chi connectivity index (χ0) is 10.6. The Balaban J connectivity index is 2.35. The molecule has 1 heterocycles. The van der Waals surface area contributed by atoms with Crippen LogP contribution in [0.1, 0.15) is 26.2 Å². The van der Waals surface area contributed by atoms with Crippen LogP contribution in [0.4, 0.5) is 0 Å². The standard InChI is InChI=1S/C10H16O4/c1-7(9(11)10(12)13)6-8-2-4-14-5-3-8/h7-8H,2-6H2,1H3,(H,12,13). The number of Topliss-reactive ketones (excluding diaryl/α,β-unsaturated/α-hetero) is 1. The third-order valence-electron chi connectivity index (χ3n) is 2.69. The molecule has 4 heteroatoms. The number of carbonyl (C=O) groups excluding carboxylic acids is 1. The Kier molecular flexibility index (Phi) is 4.07. The van der Waals surface area contributed by atoms with Gasteiger partial charge in [0.25, 0.3) is 0 Å². The summed E-state index contributed by atoms with van der Waals surface area (Å²) in [6.07, 6.45) is 2.56. The molecule has 0 aromatic heterocycles. The van der Waals surface area contributed by atoms with Crippen molar-refractivity contribution in [3.8, 4) is 0 Å². The largest absolute Gasteiger partial charge is 0.475 e. The van der Waals surface area contributed by atoms with E-state index >= 15 is 0 Å². The van der Waals surface area contributed by atoms with Crippen LogP contribution in [-0.2, 0) is 14.3 Å². The Morgan fingerprint density at radius 1 is 1.43 bits per heavy atom. The van der Waals surface area contributed by atoms with E-state index in [0.29, 0.717) is 12.3 Å². The monoisotopic (exact) mass is 200 g/mol. The first-order valence-electron chi connectivity index (χ1n) is 4.96. The summed E-state index contributed by atoms with van der Waals surface area (Å²) >= 11 is 0. The van der Waals surface area contributed by atoms with Crippen molar-refractivity contribution in [2.24, 2.45) is 11.8 Å². The maximum Gasteiger partial charge on any atom is 0.372 e. The smallest absolute Gasteiger partial charge is 0.372 e. The van der Waals surface area contributed by atoms with Crippen molar-refractivity contribution in [1.29, 1.82) is 0 Å². The maximum atomic E-state index is 11.1. The lowest BCUT2D eigenvalue weighted by molar-refractivity contribution is -0.151. The Morgan fingerprint density at radius 2 is 2.00 bits per heavy atom. The molecule has 0 aromatic rings. The van der Waals surface area contributed by atoms with Gasteiger partial charge in [-0.1, -0.05) is 6.92 Å². The predicted molar refractivity (Wildman–Crippen MR) is 50.0 cm³/mol. The van der Waals surface area contributed by atoms with E-state index in [9.17, 15) is 9.59 Å². The first-order chi connectivity index (χ1) is 6.61. The molecule has 0 bridgehead atoms. The van der Waals surface area contributed by atoms with Crippen molar-refractivity contribution in [2.45, 2.75) is 26.2 Å². The van der Waals surface area contributed by atoms with Crippen molar-refractivity contribution in [3.63, 3.8) is 0 Å². The fraction of sp³-hybridized carbons (Fsp3) is 0.800. The Bertz CT molecular complexity index is 218. The van der Waals surface area contributed by atoms with Crippen LogP contribution < -0.4 is 0 Å². The van der Waals surface area contributed by atoms with Crippen molar-refractivity contribution in [2.75, 3.05) is 13.2 Å². The lowest BCUT2D eigenvalue weighted by Crippen LogP contribution is -2.25. The Labute approximate surface area is 83.2 Å². The highest BCUT2D eigenvalue weighted by atomic mass is 16.5. The molecular weight excluding hydrogens is 184 g/mol. The minimum atomic E-state index is -1.32.